The highest BCUT2D eigenvalue weighted by Gasteiger charge is 2.34. The third-order valence-corrected chi connectivity index (χ3v) is 4.58. The molecule has 0 unspecified atom stereocenters. The molecule has 0 aliphatic carbocycles. The summed E-state index contributed by atoms with van der Waals surface area (Å²) in [5.41, 5.74) is 0.235. The van der Waals surface area contributed by atoms with E-state index in [2.05, 4.69) is 28.5 Å². The van der Waals surface area contributed by atoms with E-state index in [1.54, 1.807) is 0 Å². The summed E-state index contributed by atoms with van der Waals surface area (Å²) in [6.07, 6.45) is 0. The van der Waals surface area contributed by atoms with E-state index in [1.807, 2.05) is 24.3 Å². The molecule has 2 aromatic carbocycles. The van der Waals surface area contributed by atoms with Crippen LogP contribution >= 0.6 is 11.8 Å². The number of fused-ring (bicyclic) bond motifs is 1. The lowest BCUT2D eigenvalue weighted by atomic mass is 10.1. The van der Waals surface area contributed by atoms with Gasteiger partial charge >= 0.3 is 0 Å². The van der Waals surface area contributed by atoms with Crippen LogP contribution in [0, 0.1) is 0 Å². The fraction of sp³-hybridized carbons (Fsp3) is 0.267. The highest BCUT2D eigenvalue weighted by molar-refractivity contribution is 8.14. The lowest BCUT2D eigenvalue weighted by molar-refractivity contribution is 0.140. The van der Waals surface area contributed by atoms with Crippen LogP contribution in [0.5, 0.6) is 0 Å². The van der Waals surface area contributed by atoms with E-state index >= 15 is 0 Å². The highest BCUT2D eigenvalue weighted by atomic mass is 32.2. The number of rotatable bonds is 3. The average Bonchev–Trinajstić information content (AvgIpc) is 2.92. The van der Waals surface area contributed by atoms with E-state index in [4.69, 9.17) is 0 Å². The Kier molecular flexibility index (Phi) is 3.65. The molecular weight excluding hydrogens is 272 g/mol. The summed E-state index contributed by atoms with van der Waals surface area (Å²) < 4.78 is 0. The van der Waals surface area contributed by atoms with Gasteiger partial charge in [0.05, 0.1) is 13.2 Å². The molecule has 0 saturated carbocycles. The maximum absolute atomic E-state index is 9.36. The predicted octanol–water partition coefficient (Wildman–Crippen LogP) is 2.08. The molecule has 0 aromatic heterocycles. The van der Waals surface area contributed by atoms with Crippen LogP contribution in [0.15, 0.2) is 47.5 Å². The van der Waals surface area contributed by atoms with Crippen molar-refractivity contribution in [2.24, 2.45) is 4.99 Å². The van der Waals surface area contributed by atoms with Crippen molar-refractivity contribution < 1.29 is 10.2 Å². The van der Waals surface area contributed by atoms with Crippen LogP contribution in [0.1, 0.15) is 0 Å². The first-order chi connectivity index (χ1) is 9.76. The second-order valence-electron chi connectivity index (χ2n) is 4.90. The van der Waals surface area contributed by atoms with Crippen molar-refractivity contribution in [3.63, 3.8) is 0 Å². The Balaban J connectivity index is 1.91. The van der Waals surface area contributed by atoms with Gasteiger partial charge in [-0.3, -0.25) is 0 Å². The van der Waals surface area contributed by atoms with Gasteiger partial charge in [0.2, 0.25) is 0 Å². The third kappa shape index (κ3) is 2.40. The molecule has 3 N–H and O–H groups in total. The summed E-state index contributed by atoms with van der Waals surface area (Å²) in [6, 6.07) is 14.2. The van der Waals surface area contributed by atoms with Crippen molar-refractivity contribution in [1.82, 2.24) is 0 Å². The Morgan fingerprint density at radius 3 is 2.60 bits per heavy atom. The van der Waals surface area contributed by atoms with Crippen LogP contribution in [0.4, 0.5) is 5.69 Å². The summed E-state index contributed by atoms with van der Waals surface area (Å²) in [5.74, 6) is 0.590. The Labute approximate surface area is 121 Å². The molecule has 1 aliphatic rings. The van der Waals surface area contributed by atoms with Gasteiger partial charge in [-0.2, -0.15) is 0 Å². The standard InChI is InChI=1S/C15H16N2O2S/c18-8-15(9-19)10-20-14(17-15)16-13-7-3-5-11-4-1-2-6-12(11)13/h1-7,18-19H,8-10H2,(H,16,17). The molecule has 4 nitrogen and oxygen atoms in total. The zero-order valence-electron chi connectivity index (χ0n) is 10.9. The van der Waals surface area contributed by atoms with Crippen molar-refractivity contribution >= 4 is 33.4 Å². The van der Waals surface area contributed by atoms with E-state index in [9.17, 15) is 10.2 Å². The second kappa shape index (κ2) is 5.44. The van der Waals surface area contributed by atoms with Gasteiger partial charge in [-0.05, 0) is 11.5 Å². The molecule has 1 heterocycles. The number of aliphatic imine (C=N–C) groups is 1. The van der Waals surface area contributed by atoms with Crippen LogP contribution in [-0.2, 0) is 0 Å². The fourth-order valence-corrected chi connectivity index (χ4v) is 3.30. The Hall–Kier alpha value is -1.56. The van der Waals surface area contributed by atoms with E-state index in [1.165, 1.54) is 11.8 Å². The van der Waals surface area contributed by atoms with Gasteiger partial charge in [-0.15, -0.1) is 0 Å². The first-order valence-electron chi connectivity index (χ1n) is 6.45. The summed E-state index contributed by atoms with van der Waals surface area (Å²) in [6.45, 7) is -0.283. The van der Waals surface area contributed by atoms with Crippen LogP contribution in [-0.4, -0.2) is 39.9 Å². The summed E-state index contributed by atoms with van der Waals surface area (Å²) >= 11 is 1.52. The number of aliphatic hydroxyl groups excluding tert-OH is 2. The molecule has 2 aromatic rings. The molecule has 0 amide bonds. The number of anilines is 1. The molecule has 0 radical (unpaired) electrons. The minimum absolute atomic E-state index is 0.142. The molecule has 0 spiro atoms. The van der Waals surface area contributed by atoms with Gasteiger partial charge < -0.3 is 15.5 Å². The Morgan fingerprint density at radius 2 is 1.85 bits per heavy atom. The maximum atomic E-state index is 9.36. The number of benzene rings is 2. The Bertz CT molecular complexity index is 648. The minimum Gasteiger partial charge on any atom is -0.394 e. The topological polar surface area (TPSA) is 64.8 Å². The lowest BCUT2D eigenvalue weighted by Gasteiger charge is -2.18. The van der Waals surface area contributed by atoms with Gasteiger partial charge in [0, 0.05) is 16.8 Å². The summed E-state index contributed by atoms with van der Waals surface area (Å²) in [5, 5.41) is 25.1. The fourth-order valence-electron chi connectivity index (χ4n) is 2.21. The van der Waals surface area contributed by atoms with Crippen LogP contribution in [0.3, 0.4) is 0 Å². The normalized spacial score (nSPS) is 17.2. The first-order valence-corrected chi connectivity index (χ1v) is 7.44. The van der Waals surface area contributed by atoms with Crippen molar-refractivity contribution in [2.45, 2.75) is 5.54 Å². The van der Waals surface area contributed by atoms with Crippen LogP contribution in [0.25, 0.3) is 10.8 Å². The second-order valence-corrected chi connectivity index (χ2v) is 5.86. The predicted molar refractivity (Wildman–Crippen MR) is 84.4 cm³/mol. The lowest BCUT2D eigenvalue weighted by Crippen LogP contribution is -2.36. The maximum Gasteiger partial charge on any atom is 0.161 e. The van der Waals surface area contributed by atoms with Gasteiger partial charge in [-0.1, -0.05) is 48.2 Å². The van der Waals surface area contributed by atoms with Gasteiger partial charge in [0.15, 0.2) is 5.17 Å². The van der Waals surface area contributed by atoms with E-state index < -0.39 is 5.54 Å². The van der Waals surface area contributed by atoms with Crippen LogP contribution in [0.2, 0.25) is 0 Å². The quantitative estimate of drug-likeness (QED) is 0.809. The van der Waals surface area contributed by atoms with Crippen LogP contribution < -0.4 is 5.32 Å². The number of hydrogen-bond acceptors (Lipinski definition) is 5. The molecule has 0 saturated heterocycles. The molecule has 5 heteroatoms. The van der Waals surface area contributed by atoms with Crippen molar-refractivity contribution in [3.8, 4) is 0 Å². The molecular formula is C15H16N2O2S. The number of nitrogens with one attached hydrogen (secondary N) is 1. The monoisotopic (exact) mass is 288 g/mol. The number of thioether (sulfide) groups is 1. The molecule has 104 valence electrons. The number of amidine groups is 1. The van der Waals surface area contributed by atoms with Crippen molar-refractivity contribution in [1.29, 1.82) is 0 Å². The van der Waals surface area contributed by atoms with Gasteiger partial charge in [-0.25, -0.2) is 4.99 Å². The minimum atomic E-state index is -0.752. The highest BCUT2D eigenvalue weighted by Crippen LogP contribution is 2.30. The molecule has 3 rings (SSSR count). The SMILES string of the molecule is OCC1(CO)CSC(Nc2cccc3ccccc23)=N1. The molecule has 0 atom stereocenters. The van der Waals surface area contributed by atoms with E-state index in [0.29, 0.717) is 5.75 Å². The Morgan fingerprint density at radius 1 is 1.10 bits per heavy atom. The average molecular weight is 288 g/mol. The zero-order valence-corrected chi connectivity index (χ0v) is 11.7. The number of hydrogen-bond donors (Lipinski definition) is 3. The van der Waals surface area contributed by atoms with Crippen molar-refractivity contribution in [2.75, 3.05) is 24.3 Å². The third-order valence-electron chi connectivity index (χ3n) is 3.44. The van der Waals surface area contributed by atoms with E-state index in [0.717, 1.165) is 21.6 Å². The van der Waals surface area contributed by atoms with Gasteiger partial charge in [0.25, 0.3) is 0 Å². The zero-order chi connectivity index (χ0) is 14.0. The number of nitrogens with zero attached hydrogens (tertiary/aromatic N) is 1. The van der Waals surface area contributed by atoms with Gasteiger partial charge in [0.1, 0.15) is 5.54 Å². The molecule has 20 heavy (non-hydrogen) atoms. The summed E-state index contributed by atoms with van der Waals surface area (Å²) in [4.78, 5) is 4.43. The summed E-state index contributed by atoms with van der Waals surface area (Å²) in [7, 11) is 0. The first kappa shape index (κ1) is 13.4. The van der Waals surface area contributed by atoms with E-state index in [-0.39, 0.29) is 13.2 Å². The number of aliphatic hydroxyl groups is 2. The molecule has 0 fully saturated rings. The smallest absolute Gasteiger partial charge is 0.161 e. The molecule has 0 bridgehead atoms. The molecule has 1 aliphatic heterocycles. The largest absolute Gasteiger partial charge is 0.394 e. The van der Waals surface area contributed by atoms with Crippen molar-refractivity contribution in [3.05, 3.63) is 42.5 Å².